The quantitative estimate of drug-likeness (QED) is 0.778. The Balaban J connectivity index is 0.00000147. The normalized spacial score (nSPS) is 12.6. The van der Waals surface area contributed by atoms with E-state index >= 15 is 0 Å². The highest BCUT2D eigenvalue weighted by atomic mass is 35.5. The fourth-order valence-electron chi connectivity index (χ4n) is 2.75. The van der Waals surface area contributed by atoms with Crippen molar-refractivity contribution in [2.45, 2.75) is 19.5 Å². The van der Waals surface area contributed by atoms with E-state index in [1.807, 2.05) is 6.07 Å². The first-order valence-corrected chi connectivity index (χ1v) is 6.63. The number of aromatic nitrogens is 1. The zero-order chi connectivity index (χ0) is 13.4. The highest BCUT2D eigenvalue weighted by Gasteiger charge is 2.11. The summed E-state index contributed by atoms with van der Waals surface area (Å²) in [5, 5.41) is 11.6. The van der Waals surface area contributed by atoms with Gasteiger partial charge in [-0.15, -0.1) is 12.4 Å². The molecule has 0 fully saturated rings. The van der Waals surface area contributed by atoms with Crippen LogP contribution in [0.1, 0.15) is 18.5 Å². The van der Waals surface area contributed by atoms with Gasteiger partial charge in [-0.3, -0.25) is 0 Å². The van der Waals surface area contributed by atoms with E-state index in [1.165, 1.54) is 21.8 Å². The van der Waals surface area contributed by atoms with Crippen LogP contribution in [-0.4, -0.2) is 16.3 Å². The van der Waals surface area contributed by atoms with Crippen LogP contribution in [0.15, 0.2) is 42.5 Å². The lowest BCUT2D eigenvalue weighted by Gasteiger charge is -2.09. The van der Waals surface area contributed by atoms with Gasteiger partial charge >= 0.3 is 0 Å². The summed E-state index contributed by atoms with van der Waals surface area (Å²) in [6, 6.07) is 14.3. The Morgan fingerprint density at radius 3 is 2.50 bits per heavy atom. The number of hydrogen-bond acceptors (Lipinski definition) is 2. The fourth-order valence-corrected chi connectivity index (χ4v) is 2.75. The van der Waals surface area contributed by atoms with Crippen molar-refractivity contribution in [3.8, 4) is 0 Å². The maximum absolute atomic E-state index is 9.19. The van der Waals surface area contributed by atoms with E-state index in [0.717, 1.165) is 12.1 Å². The van der Waals surface area contributed by atoms with Gasteiger partial charge in [0.25, 0.3) is 0 Å². The summed E-state index contributed by atoms with van der Waals surface area (Å²) in [7, 11) is 0. The van der Waals surface area contributed by atoms with Gasteiger partial charge in [-0.1, -0.05) is 24.3 Å². The molecule has 4 heteroatoms. The van der Waals surface area contributed by atoms with Crippen molar-refractivity contribution in [2.24, 2.45) is 5.73 Å². The number of aliphatic hydroxyl groups excluding tert-OH is 1. The lowest BCUT2D eigenvalue weighted by atomic mass is 10.0. The van der Waals surface area contributed by atoms with Crippen molar-refractivity contribution in [3.63, 3.8) is 0 Å². The molecule has 0 amide bonds. The molecular weight excluding hydrogens is 272 g/mol. The Hall–Kier alpha value is -1.55. The van der Waals surface area contributed by atoms with E-state index in [2.05, 4.69) is 47.9 Å². The molecule has 0 spiro atoms. The lowest BCUT2D eigenvalue weighted by Crippen LogP contribution is -2.14. The van der Waals surface area contributed by atoms with Crippen LogP contribution in [-0.2, 0) is 6.54 Å². The van der Waals surface area contributed by atoms with Gasteiger partial charge in [0, 0.05) is 28.4 Å². The third-order valence-corrected chi connectivity index (χ3v) is 3.74. The van der Waals surface area contributed by atoms with E-state index in [-0.39, 0.29) is 25.1 Å². The predicted molar refractivity (Wildman–Crippen MR) is 86.4 cm³/mol. The molecule has 2 aromatic carbocycles. The van der Waals surface area contributed by atoms with Crippen LogP contribution in [0.4, 0.5) is 0 Å². The van der Waals surface area contributed by atoms with Gasteiger partial charge in [-0.2, -0.15) is 0 Å². The Morgan fingerprint density at radius 1 is 1.10 bits per heavy atom. The molecule has 0 aliphatic rings. The second-order valence-corrected chi connectivity index (χ2v) is 4.83. The minimum absolute atomic E-state index is 0. The number of nitrogens with zero attached hydrogens (tertiary/aromatic N) is 1. The predicted octanol–water partition coefficient (Wildman–Crippen LogP) is 3.23. The number of aliphatic hydroxyl groups is 1. The molecule has 0 bridgehead atoms. The zero-order valence-corrected chi connectivity index (χ0v) is 12.2. The summed E-state index contributed by atoms with van der Waals surface area (Å²) in [5.41, 5.74) is 9.36. The third kappa shape index (κ3) is 2.18. The largest absolute Gasteiger partial charge is 0.394 e. The minimum Gasteiger partial charge on any atom is -0.394 e. The maximum Gasteiger partial charge on any atom is 0.0624 e. The van der Waals surface area contributed by atoms with Gasteiger partial charge in [0.2, 0.25) is 0 Å². The molecule has 106 valence electrons. The first-order chi connectivity index (χ1) is 9.26. The van der Waals surface area contributed by atoms with Gasteiger partial charge in [0.1, 0.15) is 0 Å². The zero-order valence-electron chi connectivity index (χ0n) is 11.4. The number of halogens is 1. The smallest absolute Gasteiger partial charge is 0.0624 e. The molecular formula is C16H19ClN2O. The minimum atomic E-state index is -0.312. The summed E-state index contributed by atoms with van der Waals surface area (Å²) in [6.07, 6.45) is 0. The average molecular weight is 291 g/mol. The van der Waals surface area contributed by atoms with Gasteiger partial charge in [0.05, 0.1) is 12.6 Å². The second kappa shape index (κ2) is 5.83. The molecule has 3 rings (SSSR count). The average Bonchev–Trinajstić information content (AvgIpc) is 2.79. The molecule has 1 atom stereocenters. The van der Waals surface area contributed by atoms with Crippen LogP contribution in [0.25, 0.3) is 21.8 Å². The van der Waals surface area contributed by atoms with E-state index < -0.39 is 0 Å². The van der Waals surface area contributed by atoms with Crippen LogP contribution in [0.3, 0.4) is 0 Å². The molecule has 0 saturated heterocycles. The highest BCUT2D eigenvalue weighted by molar-refractivity contribution is 6.08. The molecule has 3 aromatic rings. The number of nitrogens with two attached hydrogens (primary N) is 1. The Bertz CT molecular complexity index is 736. The molecule has 3 N–H and O–H groups in total. The van der Waals surface area contributed by atoms with Crippen molar-refractivity contribution in [1.82, 2.24) is 4.57 Å². The van der Waals surface area contributed by atoms with E-state index in [9.17, 15) is 5.11 Å². The number of benzene rings is 2. The van der Waals surface area contributed by atoms with Crippen LogP contribution in [0.5, 0.6) is 0 Å². The van der Waals surface area contributed by atoms with Crippen LogP contribution in [0, 0.1) is 0 Å². The van der Waals surface area contributed by atoms with Crippen molar-refractivity contribution >= 4 is 34.2 Å². The number of fused-ring (bicyclic) bond motifs is 3. The molecule has 0 unspecified atom stereocenters. The molecule has 20 heavy (non-hydrogen) atoms. The Labute approximate surface area is 124 Å². The number of rotatable bonds is 3. The van der Waals surface area contributed by atoms with Crippen molar-refractivity contribution in [2.75, 3.05) is 6.61 Å². The van der Waals surface area contributed by atoms with Crippen molar-refractivity contribution in [1.29, 1.82) is 0 Å². The molecule has 1 heterocycles. The summed E-state index contributed by atoms with van der Waals surface area (Å²) in [5.74, 6) is 0. The number of hydrogen-bond donors (Lipinski definition) is 2. The van der Waals surface area contributed by atoms with Crippen molar-refractivity contribution in [3.05, 3.63) is 48.0 Å². The fraction of sp³-hybridized carbons (Fsp3) is 0.250. The Kier molecular flexibility index (Phi) is 4.33. The maximum atomic E-state index is 9.19. The summed E-state index contributed by atoms with van der Waals surface area (Å²) in [6.45, 7) is 3.06. The first-order valence-electron chi connectivity index (χ1n) is 6.63. The van der Waals surface area contributed by atoms with Gasteiger partial charge in [-0.05, 0) is 30.7 Å². The van der Waals surface area contributed by atoms with Crippen LogP contribution in [0.2, 0.25) is 0 Å². The van der Waals surface area contributed by atoms with Gasteiger partial charge < -0.3 is 15.4 Å². The Morgan fingerprint density at radius 2 is 1.80 bits per heavy atom. The number of para-hydroxylation sites is 1. The van der Waals surface area contributed by atoms with Crippen LogP contribution < -0.4 is 5.73 Å². The molecule has 0 aliphatic carbocycles. The SMILES string of the molecule is CCn1c2ccccc2c2cc([C@H](N)CO)ccc21.Cl. The molecule has 0 radical (unpaired) electrons. The third-order valence-electron chi connectivity index (χ3n) is 3.74. The number of aryl methyl sites for hydroxylation is 1. The molecule has 3 nitrogen and oxygen atoms in total. The van der Waals surface area contributed by atoms with E-state index in [0.29, 0.717) is 0 Å². The van der Waals surface area contributed by atoms with Gasteiger partial charge in [-0.25, -0.2) is 0 Å². The summed E-state index contributed by atoms with van der Waals surface area (Å²) in [4.78, 5) is 0. The van der Waals surface area contributed by atoms with Gasteiger partial charge in [0.15, 0.2) is 0 Å². The molecule has 0 aliphatic heterocycles. The van der Waals surface area contributed by atoms with Crippen LogP contribution >= 0.6 is 12.4 Å². The standard InChI is InChI=1S/C16H18N2O.ClH/c1-2-18-15-6-4-3-5-12(15)13-9-11(14(17)10-19)7-8-16(13)18;/h3-9,14,19H,2,10,17H2,1H3;1H/t14-;/m1./s1. The van der Waals surface area contributed by atoms with E-state index in [1.54, 1.807) is 0 Å². The first kappa shape index (κ1) is 14.9. The summed E-state index contributed by atoms with van der Waals surface area (Å²) < 4.78 is 2.30. The topological polar surface area (TPSA) is 51.2 Å². The monoisotopic (exact) mass is 290 g/mol. The highest BCUT2D eigenvalue weighted by Crippen LogP contribution is 2.30. The molecule has 0 saturated carbocycles. The van der Waals surface area contributed by atoms with Crippen molar-refractivity contribution < 1.29 is 5.11 Å². The summed E-state index contributed by atoms with van der Waals surface area (Å²) >= 11 is 0. The lowest BCUT2D eigenvalue weighted by molar-refractivity contribution is 0.268. The molecule has 1 aromatic heterocycles. The van der Waals surface area contributed by atoms with E-state index in [4.69, 9.17) is 5.73 Å². The second-order valence-electron chi connectivity index (χ2n) is 4.83.